The van der Waals surface area contributed by atoms with Gasteiger partial charge in [-0.15, -0.1) is 0 Å². The highest BCUT2D eigenvalue weighted by atomic mass is 16.5. The van der Waals surface area contributed by atoms with Gasteiger partial charge >= 0.3 is 0 Å². The van der Waals surface area contributed by atoms with Crippen LogP contribution in [0, 0.1) is 0 Å². The second-order valence-electron chi connectivity index (χ2n) is 3.85. The van der Waals surface area contributed by atoms with Gasteiger partial charge in [-0.2, -0.15) is 0 Å². The maximum atomic E-state index is 5.55. The third kappa shape index (κ3) is 3.53. The van der Waals surface area contributed by atoms with Gasteiger partial charge in [0.1, 0.15) is 6.73 Å². The predicted octanol–water partition coefficient (Wildman–Crippen LogP) is 1.82. The Labute approximate surface area is 90.8 Å². The molecule has 1 saturated heterocycles. The predicted molar refractivity (Wildman–Crippen MR) is 61.9 cm³/mol. The van der Waals surface area contributed by atoms with Crippen molar-refractivity contribution in [2.75, 3.05) is 25.2 Å². The van der Waals surface area contributed by atoms with Crippen molar-refractivity contribution in [2.45, 2.75) is 18.9 Å². The summed E-state index contributed by atoms with van der Waals surface area (Å²) in [4.78, 5) is 0. The Morgan fingerprint density at radius 1 is 1.33 bits per heavy atom. The minimum atomic E-state index is 0.558. The number of rotatable bonds is 5. The van der Waals surface area contributed by atoms with Crippen molar-refractivity contribution in [3.63, 3.8) is 0 Å². The van der Waals surface area contributed by atoms with Crippen LogP contribution >= 0.6 is 0 Å². The number of hydrogen-bond acceptors (Lipinski definition) is 3. The third-order valence-corrected chi connectivity index (χ3v) is 2.63. The maximum absolute atomic E-state index is 5.55. The van der Waals surface area contributed by atoms with Gasteiger partial charge in [0.25, 0.3) is 0 Å². The van der Waals surface area contributed by atoms with Crippen molar-refractivity contribution >= 4 is 5.69 Å². The average Bonchev–Trinajstić information content (AvgIpc) is 2.79. The second kappa shape index (κ2) is 5.73. The molecule has 1 aliphatic rings. The van der Waals surface area contributed by atoms with Gasteiger partial charge in [-0.25, -0.2) is 0 Å². The highest BCUT2D eigenvalue weighted by molar-refractivity contribution is 5.41. The molecule has 3 heteroatoms. The Balaban J connectivity index is 1.59. The number of ether oxygens (including phenoxy) is 1. The number of para-hydroxylation sites is 1. The number of hydrogen-bond donors (Lipinski definition) is 2. The molecule has 2 rings (SSSR count). The largest absolute Gasteiger partial charge is 0.363 e. The first-order valence-electron chi connectivity index (χ1n) is 5.55. The van der Waals surface area contributed by atoms with E-state index in [1.54, 1.807) is 0 Å². The van der Waals surface area contributed by atoms with E-state index in [-0.39, 0.29) is 0 Å². The molecule has 0 spiro atoms. The van der Waals surface area contributed by atoms with Crippen LogP contribution in [-0.2, 0) is 4.74 Å². The molecule has 3 nitrogen and oxygen atoms in total. The van der Waals surface area contributed by atoms with Gasteiger partial charge in [-0.3, -0.25) is 0 Å². The van der Waals surface area contributed by atoms with Crippen LogP contribution in [-0.4, -0.2) is 25.9 Å². The van der Waals surface area contributed by atoms with Gasteiger partial charge in [0.15, 0.2) is 0 Å². The molecule has 0 saturated carbocycles. The van der Waals surface area contributed by atoms with Gasteiger partial charge in [0.05, 0.1) is 6.61 Å². The van der Waals surface area contributed by atoms with Crippen molar-refractivity contribution in [2.24, 2.45) is 0 Å². The Morgan fingerprint density at radius 3 is 2.93 bits per heavy atom. The van der Waals surface area contributed by atoms with E-state index >= 15 is 0 Å². The van der Waals surface area contributed by atoms with Crippen LogP contribution in [0.2, 0.25) is 0 Å². The molecule has 0 unspecified atom stereocenters. The summed E-state index contributed by atoms with van der Waals surface area (Å²) in [5, 5.41) is 6.62. The highest BCUT2D eigenvalue weighted by Crippen LogP contribution is 2.06. The molecule has 0 bridgehead atoms. The normalized spacial score (nSPS) is 20.4. The molecule has 2 N–H and O–H groups in total. The van der Waals surface area contributed by atoms with Crippen molar-refractivity contribution in [1.82, 2.24) is 5.32 Å². The third-order valence-electron chi connectivity index (χ3n) is 2.63. The Bertz CT molecular complexity index is 270. The summed E-state index contributed by atoms with van der Waals surface area (Å²) < 4.78 is 5.55. The van der Waals surface area contributed by atoms with E-state index in [9.17, 15) is 0 Å². The molecular weight excluding hydrogens is 188 g/mol. The molecular formula is C12H18N2O. The summed E-state index contributed by atoms with van der Waals surface area (Å²) in [7, 11) is 0. The van der Waals surface area contributed by atoms with E-state index in [4.69, 9.17) is 4.74 Å². The molecule has 1 aliphatic heterocycles. The van der Waals surface area contributed by atoms with Gasteiger partial charge in [-0.05, 0) is 31.5 Å². The van der Waals surface area contributed by atoms with Crippen molar-refractivity contribution < 1.29 is 4.74 Å². The number of nitrogens with one attached hydrogen (secondary N) is 2. The van der Waals surface area contributed by atoms with Crippen LogP contribution in [0.25, 0.3) is 0 Å². The lowest BCUT2D eigenvalue weighted by molar-refractivity contribution is 0.132. The van der Waals surface area contributed by atoms with Crippen LogP contribution in [0.1, 0.15) is 12.8 Å². The van der Waals surface area contributed by atoms with Crippen molar-refractivity contribution in [3.05, 3.63) is 30.3 Å². The van der Waals surface area contributed by atoms with Gasteiger partial charge in [0.2, 0.25) is 0 Å². The molecule has 0 aliphatic carbocycles. The van der Waals surface area contributed by atoms with Crippen molar-refractivity contribution in [3.8, 4) is 0 Å². The summed E-state index contributed by atoms with van der Waals surface area (Å²) >= 11 is 0. The molecule has 1 heterocycles. The first-order chi connectivity index (χ1) is 7.45. The van der Waals surface area contributed by atoms with E-state index in [0.717, 1.165) is 18.8 Å². The smallest absolute Gasteiger partial charge is 0.116 e. The summed E-state index contributed by atoms with van der Waals surface area (Å²) in [6.45, 7) is 2.53. The molecule has 82 valence electrons. The van der Waals surface area contributed by atoms with Gasteiger partial charge < -0.3 is 15.4 Å². The van der Waals surface area contributed by atoms with E-state index in [2.05, 4.69) is 10.6 Å². The monoisotopic (exact) mass is 206 g/mol. The molecule has 0 aromatic heterocycles. The standard InChI is InChI=1S/C12H18N2O/c1-2-5-11(6-3-1)14-10-15-9-12-7-4-8-13-12/h1-3,5-6,12-14H,4,7-10H2/t12-/m1/s1. The second-order valence-corrected chi connectivity index (χ2v) is 3.85. The Morgan fingerprint density at radius 2 is 2.20 bits per heavy atom. The fourth-order valence-corrected chi connectivity index (χ4v) is 1.79. The lowest BCUT2D eigenvalue weighted by Gasteiger charge is -2.11. The number of benzene rings is 1. The molecule has 1 fully saturated rings. The van der Waals surface area contributed by atoms with Gasteiger partial charge in [-0.1, -0.05) is 18.2 Å². The number of anilines is 1. The fraction of sp³-hybridized carbons (Fsp3) is 0.500. The average molecular weight is 206 g/mol. The minimum absolute atomic E-state index is 0.558. The molecule has 1 aromatic carbocycles. The van der Waals surface area contributed by atoms with E-state index in [0.29, 0.717) is 12.8 Å². The van der Waals surface area contributed by atoms with Crippen LogP contribution in [0.3, 0.4) is 0 Å². The topological polar surface area (TPSA) is 33.3 Å². The molecule has 0 radical (unpaired) electrons. The molecule has 0 amide bonds. The van der Waals surface area contributed by atoms with Crippen LogP contribution in [0.5, 0.6) is 0 Å². The SMILES string of the molecule is c1ccc(NCOC[C@H]2CCCN2)cc1. The van der Waals surface area contributed by atoms with Crippen LogP contribution < -0.4 is 10.6 Å². The van der Waals surface area contributed by atoms with E-state index in [1.807, 2.05) is 30.3 Å². The summed E-state index contributed by atoms with van der Waals surface area (Å²) in [5.74, 6) is 0. The Hall–Kier alpha value is -1.06. The van der Waals surface area contributed by atoms with E-state index < -0.39 is 0 Å². The summed E-state index contributed by atoms with van der Waals surface area (Å²) in [6, 6.07) is 10.7. The fourth-order valence-electron chi connectivity index (χ4n) is 1.79. The van der Waals surface area contributed by atoms with E-state index in [1.165, 1.54) is 12.8 Å². The summed E-state index contributed by atoms with van der Waals surface area (Å²) in [5.41, 5.74) is 1.11. The highest BCUT2D eigenvalue weighted by Gasteiger charge is 2.13. The van der Waals surface area contributed by atoms with Crippen LogP contribution in [0.15, 0.2) is 30.3 Å². The lowest BCUT2D eigenvalue weighted by Crippen LogP contribution is -2.27. The quantitative estimate of drug-likeness (QED) is 0.569. The zero-order chi connectivity index (χ0) is 10.3. The maximum Gasteiger partial charge on any atom is 0.116 e. The minimum Gasteiger partial charge on any atom is -0.363 e. The first-order valence-corrected chi connectivity index (χ1v) is 5.55. The zero-order valence-electron chi connectivity index (χ0n) is 8.91. The Kier molecular flexibility index (Phi) is 4.00. The summed E-state index contributed by atoms with van der Waals surface area (Å²) in [6.07, 6.45) is 2.52. The first kappa shape index (κ1) is 10.5. The zero-order valence-corrected chi connectivity index (χ0v) is 8.91. The van der Waals surface area contributed by atoms with Crippen molar-refractivity contribution in [1.29, 1.82) is 0 Å². The molecule has 1 atom stereocenters. The van der Waals surface area contributed by atoms with Gasteiger partial charge in [0, 0.05) is 11.7 Å². The van der Waals surface area contributed by atoms with Crippen LogP contribution in [0.4, 0.5) is 5.69 Å². The molecule has 15 heavy (non-hydrogen) atoms. The molecule has 1 aromatic rings. The lowest BCUT2D eigenvalue weighted by atomic mass is 10.2.